The number of aryl methyl sites for hydroxylation is 1. The minimum absolute atomic E-state index is 0.0574. The van der Waals surface area contributed by atoms with Crippen LogP contribution in [0.1, 0.15) is 30.5 Å². The number of hydrogen-bond donors (Lipinski definition) is 1. The number of hydrogen-bond acceptors (Lipinski definition) is 4. The number of anilines is 1. The Hall–Kier alpha value is -1.60. The lowest BCUT2D eigenvalue weighted by atomic mass is 9.80. The number of nitrogens with one attached hydrogen (secondary N) is 1. The minimum atomic E-state index is -0.0574. The van der Waals surface area contributed by atoms with Crippen LogP contribution in [0.4, 0.5) is 5.82 Å². The van der Waals surface area contributed by atoms with Gasteiger partial charge in [0, 0.05) is 19.3 Å². The Labute approximate surface area is 102 Å². The van der Waals surface area contributed by atoms with Gasteiger partial charge in [-0.3, -0.25) is 0 Å². The molecule has 4 nitrogen and oxygen atoms in total. The maximum absolute atomic E-state index is 9.01. The Morgan fingerprint density at radius 1 is 1.53 bits per heavy atom. The van der Waals surface area contributed by atoms with Gasteiger partial charge in [-0.05, 0) is 38.3 Å². The lowest BCUT2D eigenvalue weighted by Gasteiger charge is -2.40. The normalized spacial score (nSPS) is 17.0. The van der Waals surface area contributed by atoms with E-state index in [1.165, 1.54) is 6.42 Å². The molecule has 0 aromatic carbocycles. The van der Waals surface area contributed by atoms with Gasteiger partial charge >= 0.3 is 0 Å². The van der Waals surface area contributed by atoms with Crippen molar-refractivity contribution >= 4 is 5.82 Å². The highest BCUT2D eigenvalue weighted by atomic mass is 16.5. The molecule has 1 N–H and O–H groups in total. The first-order valence-electron chi connectivity index (χ1n) is 5.86. The fraction of sp³-hybridized carbons (Fsp3) is 0.538. The summed E-state index contributed by atoms with van der Waals surface area (Å²) in [5.74, 6) is 0.663. The second-order valence-corrected chi connectivity index (χ2v) is 4.55. The third-order valence-corrected chi connectivity index (χ3v) is 3.43. The lowest BCUT2D eigenvalue weighted by molar-refractivity contribution is -0.0601. The first-order chi connectivity index (χ1) is 8.19. The van der Waals surface area contributed by atoms with Gasteiger partial charge in [-0.15, -0.1) is 0 Å². The smallest absolute Gasteiger partial charge is 0.144 e. The molecule has 90 valence electrons. The van der Waals surface area contributed by atoms with Crippen LogP contribution in [0, 0.1) is 18.3 Å². The van der Waals surface area contributed by atoms with Crippen LogP contribution in [0.3, 0.4) is 0 Å². The summed E-state index contributed by atoms with van der Waals surface area (Å²) in [6.07, 6.45) is 3.36. The summed E-state index contributed by atoms with van der Waals surface area (Å²) >= 11 is 0. The zero-order chi connectivity index (χ0) is 12.3. The van der Waals surface area contributed by atoms with Crippen molar-refractivity contribution < 1.29 is 4.74 Å². The molecule has 1 aliphatic carbocycles. The van der Waals surface area contributed by atoms with Crippen molar-refractivity contribution in [2.24, 2.45) is 0 Å². The highest BCUT2D eigenvalue weighted by molar-refractivity contribution is 5.52. The number of rotatable bonds is 4. The maximum atomic E-state index is 9.01. The van der Waals surface area contributed by atoms with E-state index in [2.05, 4.69) is 16.4 Å². The van der Waals surface area contributed by atoms with Gasteiger partial charge in [0.15, 0.2) is 0 Å². The van der Waals surface area contributed by atoms with Gasteiger partial charge in [-0.25, -0.2) is 4.98 Å². The lowest BCUT2D eigenvalue weighted by Crippen LogP contribution is -2.45. The van der Waals surface area contributed by atoms with Crippen LogP contribution in [-0.2, 0) is 4.74 Å². The van der Waals surface area contributed by atoms with Crippen LogP contribution in [0.5, 0.6) is 0 Å². The van der Waals surface area contributed by atoms with Crippen LogP contribution in [0.15, 0.2) is 12.1 Å². The van der Waals surface area contributed by atoms with E-state index in [-0.39, 0.29) is 5.60 Å². The predicted octanol–water partition coefficient (Wildman–Crippen LogP) is 2.24. The van der Waals surface area contributed by atoms with Crippen molar-refractivity contribution in [2.75, 3.05) is 19.0 Å². The summed E-state index contributed by atoms with van der Waals surface area (Å²) < 4.78 is 5.53. The number of ether oxygens (including phenoxy) is 1. The monoisotopic (exact) mass is 231 g/mol. The van der Waals surface area contributed by atoms with Crippen LogP contribution in [-0.4, -0.2) is 24.2 Å². The van der Waals surface area contributed by atoms with Crippen molar-refractivity contribution in [3.63, 3.8) is 0 Å². The molecular formula is C13H17N3O. The third-order valence-electron chi connectivity index (χ3n) is 3.43. The van der Waals surface area contributed by atoms with Gasteiger partial charge in [-0.1, -0.05) is 0 Å². The summed E-state index contributed by atoms with van der Waals surface area (Å²) in [5, 5.41) is 12.2. The molecule has 1 aromatic heterocycles. The Morgan fingerprint density at radius 2 is 2.29 bits per heavy atom. The summed E-state index contributed by atoms with van der Waals surface area (Å²) in [5.41, 5.74) is 1.44. The fourth-order valence-electron chi connectivity index (χ4n) is 2.05. The van der Waals surface area contributed by atoms with Gasteiger partial charge in [0.05, 0.1) is 11.2 Å². The van der Waals surface area contributed by atoms with E-state index < -0.39 is 0 Å². The van der Waals surface area contributed by atoms with Crippen LogP contribution in [0.2, 0.25) is 0 Å². The molecule has 1 heterocycles. The molecule has 0 aliphatic heterocycles. The molecule has 0 atom stereocenters. The summed E-state index contributed by atoms with van der Waals surface area (Å²) in [4.78, 5) is 4.35. The van der Waals surface area contributed by atoms with E-state index in [1.54, 1.807) is 13.2 Å². The molecule has 2 rings (SSSR count). The van der Waals surface area contributed by atoms with Crippen LogP contribution >= 0.6 is 0 Å². The van der Waals surface area contributed by atoms with Crippen LogP contribution < -0.4 is 5.32 Å². The van der Waals surface area contributed by atoms with E-state index in [4.69, 9.17) is 10.00 Å². The topological polar surface area (TPSA) is 57.9 Å². The van der Waals surface area contributed by atoms with Gasteiger partial charge in [0.1, 0.15) is 11.9 Å². The van der Waals surface area contributed by atoms with Crippen molar-refractivity contribution in [1.29, 1.82) is 5.26 Å². The molecule has 1 aromatic rings. The second-order valence-electron chi connectivity index (χ2n) is 4.55. The minimum Gasteiger partial charge on any atom is -0.376 e. The average molecular weight is 231 g/mol. The molecule has 0 amide bonds. The highest BCUT2D eigenvalue weighted by Crippen LogP contribution is 2.35. The van der Waals surface area contributed by atoms with Crippen molar-refractivity contribution in [3.8, 4) is 6.07 Å². The predicted molar refractivity (Wildman–Crippen MR) is 65.8 cm³/mol. The van der Waals surface area contributed by atoms with E-state index in [1.807, 2.05) is 13.0 Å². The number of nitrogens with zero attached hydrogens (tertiary/aromatic N) is 2. The van der Waals surface area contributed by atoms with E-state index >= 15 is 0 Å². The van der Waals surface area contributed by atoms with Gasteiger partial charge in [0.2, 0.25) is 0 Å². The molecule has 4 heteroatoms. The Morgan fingerprint density at radius 3 is 2.82 bits per heavy atom. The summed E-state index contributed by atoms with van der Waals surface area (Å²) in [6, 6.07) is 5.79. The quantitative estimate of drug-likeness (QED) is 0.863. The summed E-state index contributed by atoms with van der Waals surface area (Å²) in [6.45, 7) is 2.64. The molecule has 0 radical (unpaired) electrons. The Bertz CT molecular complexity index is 441. The van der Waals surface area contributed by atoms with Gasteiger partial charge < -0.3 is 10.1 Å². The van der Waals surface area contributed by atoms with Crippen molar-refractivity contribution in [2.45, 2.75) is 31.8 Å². The Kier molecular flexibility index (Phi) is 3.30. The number of nitriles is 1. The first-order valence-corrected chi connectivity index (χ1v) is 5.86. The second kappa shape index (κ2) is 4.72. The highest BCUT2D eigenvalue weighted by Gasteiger charge is 2.36. The zero-order valence-electron chi connectivity index (χ0n) is 10.3. The molecule has 1 saturated carbocycles. The van der Waals surface area contributed by atoms with Crippen molar-refractivity contribution in [3.05, 3.63) is 23.4 Å². The fourth-order valence-corrected chi connectivity index (χ4v) is 2.05. The van der Waals surface area contributed by atoms with E-state index in [9.17, 15) is 0 Å². The molecule has 1 aliphatic rings. The molecule has 1 fully saturated rings. The third kappa shape index (κ3) is 2.40. The number of methoxy groups -OCH3 is 1. The standard InChI is InChI=1S/C13H17N3O/c1-10-4-5-11(8-14)12(16-10)15-9-13(17-2)6-3-7-13/h4-5H,3,6-7,9H2,1-2H3,(H,15,16). The zero-order valence-corrected chi connectivity index (χ0v) is 10.3. The molecular weight excluding hydrogens is 214 g/mol. The Balaban J connectivity index is 2.08. The van der Waals surface area contributed by atoms with Crippen LogP contribution in [0.25, 0.3) is 0 Å². The first kappa shape index (κ1) is 11.9. The molecule has 0 bridgehead atoms. The number of pyridine rings is 1. The van der Waals surface area contributed by atoms with Gasteiger partial charge in [0.25, 0.3) is 0 Å². The maximum Gasteiger partial charge on any atom is 0.144 e. The van der Waals surface area contributed by atoms with Crippen molar-refractivity contribution in [1.82, 2.24) is 4.98 Å². The van der Waals surface area contributed by atoms with E-state index in [0.717, 1.165) is 18.5 Å². The number of aromatic nitrogens is 1. The molecule has 0 spiro atoms. The van der Waals surface area contributed by atoms with E-state index in [0.29, 0.717) is 17.9 Å². The SMILES string of the molecule is COC1(CNc2nc(C)ccc2C#N)CCC1. The largest absolute Gasteiger partial charge is 0.376 e. The molecule has 17 heavy (non-hydrogen) atoms. The average Bonchev–Trinajstić information content (AvgIpc) is 2.28. The summed E-state index contributed by atoms with van der Waals surface area (Å²) in [7, 11) is 1.75. The molecule has 0 saturated heterocycles. The van der Waals surface area contributed by atoms with Gasteiger partial charge in [-0.2, -0.15) is 5.26 Å². The molecule has 0 unspecified atom stereocenters.